The molecule has 25 heavy (non-hydrogen) atoms. The quantitative estimate of drug-likeness (QED) is 0.898. The number of halogens is 3. The van der Waals surface area contributed by atoms with Crippen LogP contribution in [0.4, 0.5) is 19.0 Å². The van der Waals surface area contributed by atoms with Crippen molar-refractivity contribution in [1.82, 2.24) is 10.3 Å². The molecule has 3 heterocycles. The van der Waals surface area contributed by atoms with Gasteiger partial charge in [-0.05, 0) is 18.2 Å². The second kappa shape index (κ2) is 7.40. The van der Waals surface area contributed by atoms with Gasteiger partial charge in [-0.2, -0.15) is 13.2 Å². The molecule has 2 aromatic rings. The number of carbonyl (C=O) groups is 1. The highest BCUT2D eigenvalue weighted by atomic mass is 32.1. The molecule has 0 aliphatic carbocycles. The molecule has 0 atom stereocenters. The number of pyridine rings is 1. The number of morpholine rings is 1. The molecule has 0 radical (unpaired) electrons. The van der Waals surface area contributed by atoms with Crippen LogP contribution in [0.2, 0.25) is 0 Å². The average Bonchev–Trinajstić information content (AvgIpc) is 3.11. The lowest BCUT2D eigenvalue weighted by atomic mass is 10.2. The largest absolute Gasteiger partial charge is 0.425 e. The first-order valence-electron chi connectivity index (χ1n) is 7.66. The number of aromatic nitrogens is 1. The summed E-state index contributed by atoms with van der Waals surface area (Å²) in [6, 6.07) is 6.34. The molecule has 0 unspecified atom stereocenters. The van der Waals surface area contributed by atoms with Gasteiger partial charge in [0.15, 0.2) is 0 Å². The zero-order valence-electron chi connectivity index (χ0n) is 13.2. The summed E-state index contributed by atoms with van der Waals surface area (Å²) < 4.78 is 43.1. The fourth-order valence-corrected chi connectivity index (χ4v) is 3.17. The molecular weight excluding hydrogens is 355 g/mol. The number of nitrogens with one attached hydrogen (secondary N) is 1. The van der Waals surface area contributed by atoms with Crippen LogP contribution >= 0.6 is 11.3 Å². The number of alkyl halides is 3. The zero-order chi connectivity index (χ0) is 17.9. The Balaban J connectivity index is 1.61. The van der Waals surface area contributed by atoms with Crippen LogP contribution in [0.15, 0.2) is 29.6 Å². The molecule has 1 aliphatic heterocycles. The van der Waals surface area contributed by atoms with Crippen molar-refractivity contribution in [3.63, 3.8) is 0 Å². The number of hydrogen-bond acceptors (Lipinski definition) is 5. The highest BCUT2D eigenvalue weighted by Gasteiger charge is 2.33. The Bertz CT molecular complexity index is 742. The van der Waals surface area contributed by atoms with Crippen LogP contribution in [0, 0.1) is 0 Å². The topological polar surface area (TPSA) is 54.5 Å². The minimum absolute atomic E-state index is 0.00154. The van der Waals surface area contributed by atoms with Gasteiger partial charge in [0.25, 0.3) is 5.91 Å². The van der Waals surface area contributed by atoms with E-state index in [-0.39, 0.29) is 12.1 Å². The van der Waals surface area contributed by atoms with Crippen molar-refractivity contribution < 1.29 is 22.7 Å². The summed E-state index contributed by atoms with van der Waals surface area (Å²) in [6.45, 7) is 2.93. The van der Waals surface area contributed by atoms with Gasteiger partial charge in [-0.15, -0.1) is 11.3 Å². The van der Waals surface area contributed by atoms with Crippen molar-refractivity contribution in [2.45, 2.75) is 12.7 Å². The smallest absolute Gasteiger partial charge is 0.378 e. The first-order valence-corrected chi connectivity index (χ1v) is 8.54. The molecule has 1 amide bonds. The molecule has 2 aromatic heterocycles. The van der Waals surface area contributed by atoms with E-state index in [1.807, 2.05) is 12.1 Å². The van der Waals surface area contributed by atoms with Gasteiger partial charge in [0.05, 0.1) is 31.0 Å². The summed E-state index contributed by atoms with van der Waals surface area (Å²) >= 11 is 0.508. The Morgan fingerprint density at radius 1 is 1.32 bits per heavy atom. The minimum Gasteiger partial charge on any atom is -0.378 e. The van der Waals surface area contributed by atoms with E-state index in [2.05, 4.69) is 15.2 Å². The maximum Gasteiger partial charge on any atom is 0.425 e. The lowest BCUT2D eigenvalue weighted by Crippen LogP contribution is -2.37. The highest BCUT2D eigenvalue weighted by Crippen LogP contribution is 2.34. The van der Waals surface area contributed by atoms with Crippen molar-refractivity contribution in [2.75, 3.05) is 31.2 Å². The molecule has 0 aromatic carbocycles. The number of ether oxygens (including phenoxy) is 1. The predicted octanol–water partition coefficient (Wildman–Crippen LogP) is 2.93. The van der Waals surface area contributed by atoms with Gasteiger partial charge in [-0.3, -0.25) is 4.79 Å². The number of carbonyl (C=O) groups excluding carboxylic acids is 1. The Kier molecular flexibility index (Phi) is 5.24. The average molecular weight is 371 g/mol. The first-order chi connectivity index (χ1) is 11.9. The zero-order valence-corrected chi connectivity index (χ0v) is 14.0. The van der Waals surface area contributed by atoms with Gasteiger partial charge < -0.3 is 15.0 Å². The molecule has 3 rings (SSSR count). The van der Waals surface area contributed by atoms with Crippen LogP contribution in [0.5, 0.6) is 0 Å². The van der Waals surface area contributed by atoms with Gasteiger partial charge in [0, 0.05) is 18.5 Å². The second-order valence-corrected chi connectivity index (χ2v) is 6.38. The van der Waals surface area contributed by atoms with Gasteiger partial charge in [-0.25, -0.2) is 4.98 Å². The van der Waals surface area contributed by atoms with Gasteiger partial charge in [-0.1, -0.05) is 6.07 Å². The molecule has 1 fully saturated rings. The van der Waals surface area contributed by atoms with E-state index < -0.39 is 17.0 Å². The van der Waals surface area contributed by atoms with E-state index in [1.165, 1.54) is 5.38 Å². The fraction of sp³-hybridized carbons (Fsp3) is 0.375. The fourth-order valence-electron chi connectivity index (χ4n) is 2.41. The van der Waals surface area contributed by atoms with E-state index in [9.17, 15) is 18.0 Å². The molecule has 0 spiro atoms. The minimum atomic E-state index is -4.43. The molecule has 1 aliphatic rings. The Labute approximate surface area is 146 Å². The molecule has 0 saturated carbocycles. The summed E-state index contributed by atoms with van der Waals surface area (Å²) in [4.78, 5) is 17.8. The number of hydrogen-bond donors (Lipinski definition) is 1. The third-order valence-electron chi connectivity index (χ3n) is 3.70. The van der Waals surface area contributed by atoms with Crippen LogP contribution in [0.3, 0.4) is 0 Å². The van der Waals surface area contributed by atoms with Gasteiger partial charge in [0.2, 0.25) is 0 Å². The van der Waals surface area contributed by atoms with E-state index >= 15 is 0 Å². The number of nitrogens with zero attached hydrogens (tertiary/aromatic N) is 2. The first kappa shape index (κ1) is 17.7. The summed E-state index contributed by atoms with van der Waals surface area (Å²) in [6.07, 6.45) is -4.43. The number of anilines is 1. The van der Waals surface area contributed by atoms with E-state index in [4.69, 9.17) is 4.74 Å². The third kappa shape index (κ3) is 4.49. The van der Waals surface area contributed by atoms with Crippen molar-refractivity contribution in [3.8, 4) is 0 Å². The van der Waals surface area contributed by atoms with Crippen LogP contribution in [-0.4, -0.2) is 37.2 Å². The Hall–Kier alpha value is -2.13. The summed E-state index contributed by atoms with van der Waals surface area (Å²) in [5.74, 6) is 0.246. The third-order valence-corrected chi connectivity index (χ3v) is 4.67. The van der Waals surface area contributed by atoms with Gasteiger partial charge in [0.1, 0.15) is 10.7 Å². The van der Waals surface area contributed by atoms with Crippen molar-refractivity contribution >= 4 is 23.1 Å². The van der Waals surface area contributed by atoms with Gasteiger partial charge >= 0.3 is 6.18 Å². The molecule has 1 N–H and O–H groups in total. The standard InChI is InChI=1S/C16H16F3N3O2S/c17-16(18,19)13-8-11(10-25-13)15(23)20-9-12-2-1-3-14(21-12)22-4-6-24-7-5-22/h1-3,8,10H,4-7,9H2,(H,20,23). The van der Waals surface area contributed by atoms with E-state index in [0.717, 1.165) is 25.0 Å². The number of amides is 1. The van der Waals surface area contributed by atoms with Crippen LogP contribution < -0.4 is 10.2 Å². The molecule has 1 saturated heterocycles. The predicted molar refractivity (Wildman–Crippen MR) is 87.8 cm³/mol. The van der Waals surface area contributed by atoms with E-state index in [1.54, 1.807) is 6.07 Å². The SMILES string of the molecule is O=C(NCc1cccc(N2CCOCC2)n1)c1csc(C(F)(F)F)c1. The molecule has 9 heteroatoms. The maximum atomic E-state index is 12.6. The molecule has 134 valence electrons. The van der Waals surface area contributed by atoms with Crippen molar-refractivity contribution in [1.29, 1.82) is 0 Å². The highest BCUT2D eigenvalue weighted by molar-refractivity contribution is 7.10. The second-order valence-electron chi connectivity index (χ2n) is 5.47. The van der Waals surface area contributed by atoms with Crippen LogP contribution in [0.1, 0.15) is 20.9 Å². The van der Waals surface area contributed by atoms with Crippen molar-refractivity contribution in [3.05, 3.63) is 45.8 Å². The number of rotatable bonds is 4. The van der Waals surface area contributed by atoms with Crippen LogP contribution in [-0.2, 0) is 17.5 Å². The summed E-state index contributed by atoms with van der Waals surface area (Å²) in [7, 11) is 0. The summed E-state index contributed by atoms with van der Waals surface area (Å²) in [5.41, 5.74) is 0.644. The maximum absolute atomic E-state index is 12.6. The Morgan fingerprint density at radius 3 is 2.76 bits per heavy atom. The molecule has 5 nitrogen and oxygen atoms in total. The van der Waals surface area contributed by atoms with E-state index in [0.29, 0.717) is 30.2 Å². The molecular formula is C16H16F3N3O2S. The molecule has 0 bridgehead atoms. The lowest BCUT2D eigenvalue weighted by molar-refractivity contribution is -0.134. The van der Waals surface area contributed by atoms with Crippen LogP contribution in [0.25, 0.3) is 0 Å². The number of thiophene rings is 1. The van der Waals surface area contributed by atoms with Crippen molar-refractivity contribution in [2.24, 2.45) is 0 Å². The lowest BCUT2D eigenvalue weighted by Gasteiger charge is -2.28. The normalized spacial score (nSPS) is 15.2. The Morgan fingerprint density at radius 2 is 2.08 bits per heavy atom. The monoisotopic (exact) mass is 371 g/mol. The summed E-state index contributed by atoms with van der Waals surface area (Å²) in [5, 5.41) is 3.81.